The predicted molar refractivity (Wildman–Crippen MR) is 284 cm³/mol. The Labute approximate surface area is 412 Å². The summed E-state index contributed by atoms with van der Waals surface area (Å²) in [5.74, 6) is -0.159. The van der Waals surface area contributed by atoms with Crippen LogP contribution in [0, 0.1) is 0 Å². The summed E-state index contributed by atoms with van der Waals surface area (Å²) in [5, 5.41) is 14.0. The molecule has 0 aliphatic heterocycles. The molecule has 0 saturated heterocycles. The van der Waals surface area contributed by atoms with Gasteiger partial charge in [-0.2, -0.15) is 0 Å². The van der Waals surface area contributed by atoms with Crippen molar-refractivity contribution in [1.82, 2.24) is 5.32 Å². The van der Waals surface area contributed by atoms with E-state index < -0.39 is 20.0 Å². The highest BCUT2D eigenvalue weighted by molar-refractivity contribution is 7.45. The molecule has 0 bridgehead atoms. The molecule has 0 spiro atoms. The molecule has 0 aromatic rings. The number of phosphoric acid groups is 1. The van der Waals surface area contributed by atoms with Crippen LogP contribution in [0.1, 0.15) is 296 Å². The van der Waals surface area contributed by atoms with Gasteiger partial charge in [-0.3, -0.25) is 9.36 Å². The van der Waals surface area contributed by atoms with Gasteiger partial charge in [-0.25, -0.2) is 0 Å². The summed E-state index contributed by atoms with van der Waals surface area (Å²) < 4.78 is 23.4. The van der Waals surface area contributed by atoms with Crippen LogP contribution >= 0.6 is 7.82 Å². The Balaban J connectivity index is 4.13. The maximum Gasteiger partial charge on any atom is 0.268 e. The molecule has 394 valence electrons. The van der Waals surface area contributed by atoms with Crippen LogP contribution in [0.4, 0.5) is 0 Å². The highest BCUT2D eigenvalue weighted by atomic mass is 31.2. The van der Waals surface area contributed by atoms with Crippen molar-refractivity contribution in [3.63, 3.8) is 0 Å². The molecular weight excluding hydrogens is 840 g/mol. The van der Waals surface area contributed by atoms with Gasteiger partial charge in [0.25, 0.3) is 7.82 Å². The molecular formula is C57H115N2O6P. The van der Waals surface area contributed by atoms with Gasteiger partial charge in [0.05, 0.1) is 39.9 Å². The van der Waals surface area contributed by atoms with Gasteiger partial charge in [0.1, 0.15) is 13.2 Å². The molecule has 1 amide bonds. The first kappa shape index (κ1) is 65.2. The van der Waals surface area contributed by atoms with Crippen LogP contribution in [0.25, 0.3) is 0 Å². The van der Waals surface area contributed by atoms with Crippen molar-refractivity contribution in [3.8, 4) is 0 Å². The Hall–Kier alpha value is -0.760. The normalized spacial score (nSPS) is 14.0. The Morgan fingerprint density at radius 2 is 0.833 bits per heavy atom. The number of likely N-dealkylation sites (N-methyl/N-ethyl adjacent to an activating group) is 1. The second-order valence-electron chi connectivity index (χ2n) is 21.4. The summed E-state index contributed by atoms with van der Waals surface area (Å²) in [5.41, 5.74) is 0. The van der Waals surface area contributed by atoms with Gasteiger partial charge in [0, 0.05) is 6.42 Å². The quantitative estimate of drug-likeness (QED) is 0.0272. The number of rotatable bonds is 54. The number of aliphatic hydroxyl groups is 1. The summed E-state index contributed by atoms with van der Waals surface area (Å²) in [6.07, 6.45) is 59.5. The van der Waals surface area contributed by atoms with Gasteiger partial charge in [-0.1, -0.05) is 264 Å². The number of allylic oxidation sites excluding steroid dienone is 2. The van der Waals surface area contributed by atoms with E-state index in [2.05, 4.69) is 31.3 Å². The maximum atomic E-state index is 13.0. The second-order valence-corrected chi connectivity index (χ2v) is 22.8. The average molecular weight is 956 g/mol. The molecule has 0 radical (unpaired) electrons. The first-order valence-electron chi connectivity index (χ1n) is 29.0. The third kappa shape index (κ3) is 51.1. The summed E-state index contributed by atoms with van der Waals surface area (Å²) in [6, 6.07) is -0.798. The van der Waals surface area contributed by atoms with Gasteiger partial charge in [-0.15, -0.1) is 0 Å². The molecule has 9 heteroatoms. The Morgan fingerprint density at radius 1 is 0.515 bits per heavy atom. The SMILES string of the molecule is CCCCCCCCCC/C=C\CCCCCCCCCCCCCCCC(=O)NC(COP(=O)([O-])OCC[N+](C)(C)C)C(O)CCCCCCCCCCCCCCCCCCCCC. The highest BCUT2D eigenvalue weighted by Gasteiger charge is 2.24. The number of amides is 1. The third-order valence-electron chi connectivity index (χ3n) is 13.5. The Morgan fingerprint density at radius 3 is 1.18 bits per heavy atom. The van der Waals surface area contributed by atoms with Gasteiger partial charge >= 0.3 is 0 Å². The van der Waals surface area contributed by atoms with Crippen LogP contribution in [0.2, 0.25) is 0 Å². The summed E-state index contributed by atoms with van der Waals surface area (Å²) >= 11 is 0. The number of nitrogens with zero attached hydrogens (tertiary/aromatic N) is 1. The molecule has 0 aliphatic rings. The van der Waals surface area contributed by atoms with E-state index in [1.165, 1.54) is 231 Å². The largest absolute Gasteiger partial charge is 0.756 e. The number of hydrogen-bond acceptors (Lipinski definition) is 6. The van der Waals surface area contributed by atoms with E-state index in [1.54, 1.807) is 0 Å². The highest BCUT2D eigenvalue weighted by Crippen LogP contribution is 2.38. The van der Waals surface area contributed by atoms with Crippen molar-refractivity contribution in [2.45, 2.75) is 309 Å². The molecule has 8 nitrogen and oxygen atoms in total. The van der Waals surface area contributed by atoms with Crippen molar-refractivity contribution in [3.05, 3.63) is 12.2 Å². The third-order valence-corrected chi connectivity index (χ3v) is 14.5. The summed E-state index contributed by atoms with van der Waals surface area (Å²) in [4.78, 5) is 25.5. The molecule has 0 aromatic carbocycles. The fraction of sp³-hybridized carbons (Fsp3) is 0.947. The molecule has 0 saturated carbocycles. The lowest BCUT2D eigenvalue weighted by atomic mass is 10.0. The zero-order valence-electron chi connectivity index (χ0n) is 44.9. The van der Waals surface area contributed by atoms with E-state index in [0.717, 1.165) is 38.5 Å². The molecule has 0 rings (SSSR count). The number of quaternary nitrogens is 1. The van der Waals surface area contributed by atoms with Crippen LogP contribution in [0.3, 0.4) is 0 Å². The standard InChI is InChI=1S/C57H115N2O6P/c1-6-8-10-12-14-16-18-20-22-24-26-27-28-29-30-31-33-35-37-39-41-43-45-47-49-51-57(61)58-55(54-65-66(62,63)64-53-52-59(3,4)5)56(60)50-48-46-44-42-40-38-36-34-32-25-23-21-19-17-15-13-11-9-7-2/h24,26,55-56,60H,6-23,25,27-54H2,1-5H3,(H-,58,61,62,63)/b26-24-. The topological polar surface area (TPSA) is 108 Å². The van der Waals surface area contributed by atoms with Gasteiger partial charge in [0.2, 0.25) is 5.91 Å². The molecule has 0 fully saturated rings. The zero-order valence-corrected chi connectivity index (χ0v) is 45.8. The second kappa shape index (κ2) is 49.2. The number of unbranched alkanes of at least 4 members (excludes halogenated alkanes) is 39. The maximum absolute atomic E-state index is 13.0. The minimum absolute atomic E-state index is 0.0150. The molecule has 66 heavy (non-hydrogen) atoms. The summed E-state index contributed by atoms with van der Waals surface area (Å²) in [6.45, 7) is 4.77. The van der Waals surface area contributed by atoms with Crippen molar-refractivity contribution in [2.24, 2.45) is 0 Å². The lowest BCUT2D eigenvalue weighted by Crippen LogP contribution is -2.46. The van der Waals surface area contributed by atoms with Crippen LogP contribution in [0.5, 0.6) is 0 Å². The Kier molecular flexibility index (Phi) is 48.7. The lowest BCUT2D eigenvalue weighted by Gasteiger charge is -2.30. The van der Waals surface area contributed by atoms with Crippen LogP contribution < -0.4 is 10.2 Å². The van der Waals surface area contributed by atoms with Crippen molar-refractivity contribution < 1.29 is 32.9 Å². The minimum Gasteiger partial charge on any atom is -0.756 e. The Bertz CT molecular complexity index is 1080. The number of phosphoric ester groups is 1. The van der Waals surface area contributed by atoms with Crippen LogP contribution in [0.15, 0.2) is 12.2 Å². The molecule has 3 atom stereocenters. The molecule has 0 aliphatic carbocycles. The molecule has 3 unspecified atom stereocenters. The molecule has 2 N–H and O–H groups in total. The molecule has 0 heterocycles. The predicted octanol–water partition coefficient (Wildman–Crippen LogP) is 16.8. The monoisotopic (exact) mass is 955 g/mol. The van der Waals surface area contributed by atoms with Gasteiger partial charge in [-0.05, 0) is 38.5 Å². The van der Waals surface area contributed by atoms with Gasteiger partial charge in [0.15, 0.2) is 0 Å². The van der Waals surface area contributed by atoms with E-state index in [-0.39, 0.29) is 19.1 Å². The van der Waals surface area contributed by atoms with Crippen molar-refractivity contribution in [1.29, 1.82) is 0 Å². The smallest absolute Gasteiger partial charge is 0.268 e. The fourth-order valence-electron chi connectivity index (χ4n) is 8.92. The zero-order chi connectivity index (χ0) is 48.5. The van der Waals surface area contributed by atoms with E-state index in [9.17, 15) is 19.4 Å². The number of carbonyl (C=O) groups is 1. The fourth-order valence-corrected chi connectivity index (χ4v) is 9.64. The average Bonchev–Trinajstić information content (AvgIpc) is 3.28. The van der Waals surface area contributed by atoms with Crippen molar-refractivity contribution in [2.75, 3.05) is 40.9 Å². The lowest BCUT2D eigenvalue weighted by molar-refractivity contribution is -0.870. The number of aliphatic hydroxyl groups excluding tert-OH is 1. The first-order valence-corrected chi connectivity index (χ1v) is 30.5. The summed E-state index contributed by atoms with van der Waals surface area (Å²) in [7, 11) is 1.32. The van der Waals surface area contributed by atoms with Crippen molar-refractivity contribution >= 4 is 13.7 Å². The number of nitrogens with one attached hydrogen (secondary N) is 1. The van der Waals surface area contributed by atoms with E-state index in [0.29, 0.717) is 23.9 Å². The van der Waals surface area contributed by atoms with Crippen LogP contribution in [-0.4, -0.2) is 68.5 Å². The first-order chi connectivity index (χ1) is 32.0. The van der Waals surface area contributed by atoms with E-state index in [4.69, 9.17) is 9.05 Å². The van der Waals surface area contributed by atoms with Crippen LogP contribution in [-0.2, 0) is 18.4 Å². The van der Waals surface area contributed by atoms with E-state index in [1.807, 2.05) is 21.1 Å². The number of carbonyl (C=O) groups excluding carboxylic acids is 1. The van der Waals surface area contributed by atoms with Gasteiger partial charge < -0.3 is 28.8 Å². The minimum atomic E-state index is -4.57. The number of hydrogen-bond donors (Lipinski definition) is 2. The van der Waals surface area contributed by atoms with E-state index >= 15 is 0 Å². The molecule has 0 aromatic heterocycles.